The Morgan fingerprint density at radius 1 is 1.14 bits per heavy atom. The second-order valence-electron chi connectivity index (χ2n) is 7.30. The van der Waals surface area contributed by atoms with Gasteiger partial charge in [-0.3, -0.25) is 9.59 Å². The highest BCUT2D eigenvalue weighted by Crippen LogP contribution is 2.33. The molecule has 0 aliphatic carbocycles. The summed E-state index contributed by atoms with van der Waals surface area (Å²) in [4.78, 5) is 26.5. The number of nitrogens with one attached hydrogen (secondary N) is 1. The molecule has 0 aliphatic heterocycles. The van der Waals surface area contributed by atoms with Gasteiger partial charge in [-0.1, -0.05) is 37.3 Å². The molecule has 0 unspecified atom stereocenters. The Bertz CT molecular complexity index is 1300. The van der Waals surface area contributed by atoms with Crippen molar-refractivity contribution in [1.29, 1.82) is 0 Å². The Balaban J connectivity index is 1.82. The number of amides is 1. The average molecular weight is 406 g/mol. The molecule has 29 heavy (non-hydrogen) atoms. The molecule has 0 spiro atoms. The zero-order chi connectivity index (χ0) is 20.7. The first-order valence-electron chi connectivity index (χ1n) is 9.70. The third kappa shape index (κ3) is 3.23. The smallest absolute Gasteiger partial charge is 0.276 e. The minimum Gasteiger partial charge on any atom is -0.324 e. The Labute approximate surface area is 173 Å². The summed E-state index contributed by atoms with van der Waals surface area (Å²) in [6, 6.07) is 13.0. The highest BCUT2D eigenvalue weighted by atomic mass is 32.1. The number of carbonyl (C=O) groups is 1. The van der Waals surface area contributed by atoms with Crippen LogP contribution >= 0.6 is 11.3 Å². The lowest BCUT2D eigenvalue weighted by Gasteiger charge is -2.19. The van der Waals surface area contributed by atoms with Crippen LogP contribution in [0.1, 0.15) is 36.2 Å². The Morgan fingerprint density at radius 2 is 1.90 bits per heavy atom. The fourth-order valence-electron chi connectivity index (χ4n) is 3.66. The molecule has 6 heteroatoms. The number of fused-ring (bicyclic) bond motifs is 3. The van der Waals surface area contributed by atoms with Gasteiger partial charge in [0, 0.05) is 15.8 Å². The molecular weight excluding hydrogens is 382 g/mol. The molecule has 2 heterocycles. The molecular formula is C23H23N3O2S. The quantitative estimate of drug-likeness (QED) is 0.512. The largest absolute Gasteiger partial charge is 0.324 e. The first kappa shape index (κ1) is 19.3. The number of hydrogen-bond donors (Lipinski definition) is 1. The predicted octanol–water partition coefficient (Wildman–Crippen LogP) is 5.13. The lowest BCUT2D eigenvalue weighted by Crippen LogP contribution is -2.35. The zero-order valence-electron chi connectivity index (χ0n) is 16.9. The summed E-state index contributed by atoms with van der Waals surface area (Å²) in [5.41, 5.74) is 3.43. The Morgan fingerprint density at radius 3 is 2.66 bits per heavy atom. The van der Waals surface area contributed by atoms with E-state index in [0.29, 0.717) is 11.8 Å². The van der Waals surface area contributed by atoms with E-state index in [2.05, 4.69) is 10.4 Å². The molecule has 5 nitrogen and oxygen atoms in total. The second kappa shape index (κ2) is 7.44. The van der Waals surface area contributed by atoms with Gasteiger partial charge in [-0.05, 0) is 50.5 Å². The molecule has 4 aromatic rings. The van der Waals surface area contributed by atoms with E-state index >= 15 is 0 Å². The van der Waals surface area contributed by atoms with Crippen LogP contribution in [0.3, 0.4) is 0 Å². The predicted molar refractivity (Wildman–Crippen MR) is 120 cm³/mol. The van der Waals surface area contributed by atoms with Gasteiger partial charge in [-0.25, -0.2) is 4.68 Å². The van der Waals surface area contributed by atoms with Crippen molar-refractivity contribution < 1.29 is 4.79 Å². The van der Waals surface area contributed by atoms with Crippen LogP contribution in [0, 0.1) is 20.8 Å². The molecule has 2 aromatic carbocycles. The second-order valence-corrected chi connectivity index (χ2v) is 8.35. The number of aryl methyl sites for hydroxylation is 2. The standard InChI is InChI=1S/C23H23N3O2S/c1-5-18(22(27)24-17-11-8-9-13(2)14(17)3)26-23(28)20-16-10-6-7-12-19(16)29-21(20)15(4)25-26/h6-12,18H,5H2,1-4H3,(H,24,27)/t18-/m1/s1. The molecule has 0 fully saturated rings. The van der Waals surface area contributed by atoms with Crippen LogP contribution in [0.15, 0.2) is 47.3 Å². The van der Waals surface area contributed by atoms with Crippen LogP contribution in [0.2, 0.25) is 0 Å². The number of thiophene rings is 1. The first-order valence-corrected chi connectivity index (χ1v) is 10.5. The monoisotopic (exact) mass is 405 g/mol. The van der Waals surface area contributed by atoms with Gasteiger partial charge in [0.05, 0.1) is 15.8 Å². The summed E-state index contributed by atoms with van der Waals surface area (Å²) in [5.74, 6) is -0.228. The van der Waals surface area contributed by atoms with Crippen molar-refractivity contribution in [3.05, 3.63) is 69.6 Å². The number of carbonyl (C=O) groups excluding carboxylic acids is 1. The van der Waals surface area contributed by atoms with Crippen molar-refractivity contribution in [3.8, 4) is 0 Å². The van der Waals surface area contributed by atoms with Crippen molar-refractivity contribution in [2.75, 3.05) is 5.32 Å². The van der Waals surface area contributed by atoms with Gasteiger partial charge in [0.25, 0.3) is 5.56 Å². The number of nitrogens with zero attached hydrogens (tertiary/aromatic N) is 2. The van der Waals surface area contributed by atoms with E-state index in [4.69, 9.17) is 0 Å². The van der Waals surface area contributed by atoms with E-state index < -0.39 is 6.04 Å². The molecule has 1 amide bonds. The summed E-state index contributed by atoms with van der Waals surface area (Å²) in [5, 5.41) is 9.08. The fourth-order valence-corrected chi connectivity index (χ4v) is 4.80. The lowest BCUT2D eigenvalue weighted by molar-refractivity contribution is -0.119. The lowest BCUT2D eigenvalue weighted by atomic mass is 10.1. The van der Waals surface area contributed by atoms with E-state index in [-0.39, 0.29) is 11.5 Å². The van der Waals surface area contributed by atoms with Crippen LogP contribution in [0.25, 0.3) is 20.2 Å². The highest BCUT2D eigenvalue weighted by molar-refractivity contribution is 7.26. The van der Waals surface area contributed by atoms with Gasteiger partial charge in [0.15, 0.2) is 0 Å². The number of hydrogen-bond acceptors (Lipinski definition) is 4. The summed E-state index contributed by atoms with van der Waals surface area (Å²) in [6.45, 7) is 7.77. The molecule has 0 aliphatic rings. The van der Waals surface area contributed by atoms with Gasteiger partial charge in [0.2, 0.25) is 5.91 Å². The molecule has 0 radical (unpaired) electrons. The third-order valence-corrected chi connectivity index (χ3v) is 6.73. The van der Waals surface area contributed by atoms with E-state index in [0.717, 1.165) is 37.3 Å². The van der Waals surface area contributed by atoms with Gasteiger partial charge >= 0.3 is 0 Å². The molecule has 0 saturated heterocycles. The van der Waals surface area contributed by atoms with Gasteiger partial charge in [-0.15, -0.1) is 11.3 Å². The molecule has 2 aromatic heterocycles. The van der Waals surface area contributed by atoms with Crippen molar-refractivity contribution >= 4 is 43.1 Å². The summed E-state index contributed by atoms with van der Waals surface area (Å²) in [7, 11) is 0. The van der Waals surface area contributed by atoms with Gasteiger partial charge in [0.1, 0.15) is 6.04 Å². The summed E-state index contributed by atoms with van der Waals surface area (Å²) < 4.78 is 3.30. The minimum atomic E-state index is -0.677. The van der Waals surface area contributed by atoms with Gasteiger partial charge in [-0.2, -0.15) is 5.10 Å². The maximum atomic E-state index is 13.4. The number of aromatic nitrogens is 2. The van der Waals surface area contributed by atoms with Crippen LogP contribution in [0.5, 0.6) is 0 Å². The molecule has 4 rings (SSSR count). The maximum Gasteiger partial charge on any atom is 0.276 e. The average Bonchev–Trinajstić information content (AvgIpc) is 3.10. The van der Waals surface area contributed by atoms with Crippen molar-refractivity contribution in [3.63, 3.8) is 0 Å². The number of benzene rings is 2. The van der Waals surface area contributed by atoms with Crippen LogP contribution < -0.4 is 10.9 Å². The Kier molecular flexibility index (Phi) is 4.96. The van der Waals surface area contributed by atoms with E-state index in [9.17, 15) is 9.59 Å². The minimum absolute atomic E-state index is 0.217. The normalized spacial score (nSPS) is 12.4. The molecule has 0 bridgehead atoms. The zero-order valence-corrected chi connectivity index (χ0v) is 17.8. The topological polar surface area (TPSA) is 64.0 Å². The van der Waals surface area contributed by atoms with Crippen molar-refractivity contribution in [2.45, 2.75) is 40.2 Å². The van der Waals surface area contributed by atoms with Crippen LogP contribution in [0.4, 0.5) is 5.69 Å². The van der Waals surface area contributed by atoms with Crippen molar-refractivity contribution in [2.24, 2.45) is 0 Å². The Hall–Kier alpha value is -2.99. The molecule has 0 saturated carbocycles. The van der Waals surface area contributed by atoms with E-state index in [1.807, 2.05) is 70.2 Å². The third-order valence-electron chi connectivity index (χ3n) is 5.45. The first-order chi connectivity index (χ1) is 13.9. The maximum absolute atomic E-state index is 13.4. The molecule has 148 valence electrons. The van der Waals surface area contributed by atoms with Crippen LogP contribution in [-0.4, -0.2) is 15.7 Å². The number of anilines is 1. The van der Waals surface area contributed by atoms with E-state index in [1.54, 1.807) is 11.3 Å². The van der Waals surface area contributed by atoms with Crippen molar-refractivity contribution in [1.82, 2.24) is 9.78 Å². The van der Waals surface area contributed by atoms with E-state index in [1.165, 1.54) is 4.68 Å². The molecule has 1 N–H and O–H groups in total. The highest BCUT2D eigenvalue weighted by Gasteiger charge is 2.24. The fraction of sp³-hybridized carbons (Fsp3) is 0.261. The SMILES string of the molecule is CC[C@H](C(=O)Nc1cccc(C)c1C)n1nc(C)c2sc3ccccc3c2c1=O. The number of rotatable bonds is 4. The van der Waals surface area contributed by atoms with Crippen LogP contribution in [-0.2, 0) is 4.79 Å². The summed E-state index contributed by atoms with van der Waals surface area (Å²) >= 11 is 1.57. The molecule has 1 atom stereocenters. The van der Waals surface area contributed by atoms with Gasteiger partial charge < -0.3 is 5.32 Å². The summed E-state index contributed by atoms with van der Waals surface area (Å²) in [6.07, 6.45) is 0.469.